The SMILES string of the molecule is O=C1CNC(=O)N1Cc1csnn1. The number of rotatable bonds is 2. The van der Waals surface area contributed by atoms with Crippen LogP contribution in [0.25, 0.3) is 0 Å². The molecule has 7 heteroatoms. The van der Waals surface area contributed by atoms with E-state index < -0.39 is 0 Å². The molecule has 1 fully saturated rings. The highest BCUT2D eigenvalue weighted by Gasteiger charge is 2.28. The van der Waals surface area contributed by atoms with E-state index in [0.717, 1.165) is 4.90 Å². The van der Waals surface area contributed by atoms with Crippen molar-refractivity contribution >= 4 is 23.5 Å². The average molecular weight is 198 g/mol. The minimum Gasteiger partial charge on any atom is -0.329 e. The van der Waals surface area contributed by atoms with Crippen molar-refractivity contribution in [2.75, 3.05) is 6.54 Å². The molecule has 0 aliphatic carbocycles. The summed E-state index contributed by atoms with van der Waals surface area (Å²) in [6.45, 7) is 0.289. The van der Waals surface area contributed by atoms with Crippen LogP contribution in [0.15, 0.2) is 5.38 Å². The normalized spacial score (nSPS) is 16.5. The first-order valence-electron chi connectivity index (χ1n) is 3.61. The van der Waals surface area contributed by atoms with Gasteiger partial charge < -0.3 is 5.32 Å². The first-order valence-corrected chi connectivity index (χ1v) is 4.45. The third-order valence-corrected chi connectivity index (χ3v) is 2.22. The molecule has 1 aliphatic heterocycles. The highest BCUT2D eigenvalue weighted by Crippen LogP contribution is 2.06. The smallest absolute Gasteiger partial charge is 0.324 e. The zero-order valence-corrected chi connectivity index (χ0v) is 7.37. The van der Waals surface area contributed by atoms with E-state index in [1.807, 2.05) is 0 Å². The fourth-order valence-electron chi connectivity index (χ4n) is 1.03. The van der Waals surface area contributed by atoms with Crippen molar-refractivity contribution in [1.82, 2.24) is 19.8 Å². The summed E-state index contributed by atoms with van der Waals surface area (Å²) in [6, 6.07) is -0.363. The second kappa shape index (κ2) is 3.09. The van der Waals surface area contributed by atoms with E-state index in [9.17, 15) is 9.59 Å². The number of carbonyl (C=O) groups excluding carboxylic acids is 2. The summed E-state index contributed by atoms with van der Waals surface area (Å²) in [5.74, 6) is -0.224. The van der Waals surface area contributed by atoms with Gasteiger partial charge in [-0.3, -0.25) is 9.69 Å². The molecule has 1 aliphatic rings. The molecule has 2 rings (SSSR count). The minimum atomic E-state index is -0.363. The minimum absolute atomic E-state index is 0.0798. The fourth-order valence-corrected chi connectivity index (χ4v) is 1.47. The zero-order chi connectivity index (χ0) is 9.26. The number of aromatic nitrogens is 2. The number of hydrogen-bond acceptors (Lipinski definition) is 5. The predicted octanol–water partition coefficient (Wildman–Crippen LogP) is -0.410. The first kappa shape index (κ1) is 8.11. The lowest BCUT2D eigenvalue weighted by molar-refractivity contribution is -0.125. The molecule has 0 unspecified atom stereocenters. The van der Waals surface area contributed by atoms with E-state index >= 15 is 0 Å². The summed E-state index contributed by atoms with van der Waals surface area (Å²) in [4.78, 5) is 23.3. The van der Waals surface area contributed by atoms with Gasteiger partial charge in [-0.05, 0) is 11.5 Å². The lowest BCUT2D eigenvalue weighted by atomic mass is 10.4. The van der Waals surface area contributed by atoms with Crippen LogP contribution in [0.5, 0.6) is 0 Å². The van der Waals surface area contributed by atoms with Gasteiger partial charge >= 0.3 is 6.03 Å². The molecule has 68 valence electrons. The number of imide groups is 1. The van der Waals surface area contributed by atoms with Crippen LogP contribution in [-0.4, -0.2) is 33.0 Å². The topological polar surface area (TPSA) is 75.2 Å². The van der Waals surface area contributed by atoms with Gasteiger partial charge in [0.1, 0.15) is 0 Å². The molecule has 0 aromatic carbocycles. The molecule has 0 bridgehead atoms. The van der Waals surface area contributed by atoms with E-state index in [4.69, 9.17) is 0 Å². The Morgan fingerprint density at radius 3 is 3.00 bits per heavy atom. The van der Waals surface area contributed by atoms with Gasteiger partial charge in [0.05, 0.1) is 18.8 Å². The Balaban J connectivity index is 2.09. The molecular weight excluding hydrogens is 192 g/mol. The van der Waals surface area contributed by atoms with Crippen molar-refractivity contribution in [2.24, 2.45) is 0 Å². The molecule has 0 radical (unpaired) electrons. The summed E-state index contributed by atoms with van der Waals surface area (Å²) >= 11 is 1.19. The standard InChI is InChI=1S/C6H6N4O2S/c11-5-1-7-6(12)10(5)2-4-3-13-9-8-4/h3H,1-2H2,(H,7,12). The van der Waals surface area contributed by atoms with Crippen LogP contribution >= 0.6 is 11.5 Å². The Kier molecular flexibility index (Phi) is 1.93. The molecule has 0 atom stereocenters. The fraction of sp³-hybridized carbons (Fsp3) is 0.333. The molecule has 13 heavy (non-hydrogen) atoms. The van der Waals surface area contributed by atoms with E-state index in [0.29, 0.717) is 5.69 Å². The zero-order valence-electron chi connectivity index (χ0n) is 6.56. The van der Waals surface area contributed by atoms with Gasteiger partial charge in [0.25, 0.3) is 0 Å². The first-order chi connectivity index (χ1) is 6.27. The van der Waals surface area contributed by atoms with Crippen molar-refractivity contribution in [1.29, 1.82) is 0 Å². The second-order valence-corrected chi connectivity index (χ2v) is 3.14. The van der Waals surface area contributed by atoms with Gasteiger partial charge in [0, 0.05) is 5.38 Å². The summed E-state index contributed by atoms with van der Waals surface area (Å²) in [6.07, 6.45) is 0. The number of carbonyl (C=O) groups is 2. The van der Waals surface area contributed by atoms with Crippen molar-refractivity contribution < 1.29 is 9.59 Å². The summed E-state index contributed by atoms with van der Waals surface area (Å²) in [5.41, 5.74) is 0.635. The van der Waals surface area contributed by atoms with Gasteiger partial charge in [0.15, 0.2) is 0 Å². The number of nitrogens with one attached hydrogen (secondary N) is 1. The maximum Gasteiger partial charge on any atom is 0.324 e. The molecular formula is C6H6N4O2S. The Morgan fingerprint density at radius 1 is 1.62 bits per heavy atom. The van der Waals surface area contributed by atoms with Crippen LogP contribution in [0.3, 0.4) is 0 Å². The van der Waals surface area contributed by atoms with Gasteiger partial charge in [0.2, 0.25) is 5.91 Å². The third-order valence-electron chi connectivity index (χ3n) is 1.66. The Morgan fingerprint density at radius 2 is 2.46 bits per heavy atom. The van der Waals surface area contributed by atoms with Crippen LogP contribution in [0.4, 0.5) is 4.79 Å². The third kappa shape index (κ3) is 1.50. The molecule has 1 aromatic rings. The van der Waals surface area contributed by atoms with Gasteiger partial charge in [-0.15, -0.1) is 5.10 Å². The molecule has 2 heterocycles. The van der Waals surface area contributed by atoms with Crippen LogP contribution in [0, 0.1) is 0 Å². The Bertz CT molecular complexity index is 320. The quantitative estimate of drug-likeness (QED) is 0.655. The molecule has 0 saturated carbocycles. The Labute approximate surface area is 77.7 Å². The number of hydrogen-bond donors (Lipinski definition) is 1. The van der Waals surface area contributed by atoms with Gasteiger partial charge in [-0.25, -0.2) is 4.79 Å². The van der Waals surface area contributed by atoms with E-state index in [1.165, 1.54) is 11.5 Å². The van der Waals surface area contributed by atoms with Crippen molar-refractivity contribution in [3.8, 4) is 0 Å². The summed E-state index contributed by atoms with van der Waals surface area (Å²) in [7, 11) is 0. The van der Waals surface area contributed by atoms with Crippen LogP contribution in [-0.2, 0) is 11.3 Å². The predicted molar refractivity (Wildman–Crippen MR) is 43.9 cm³/mol. The number of urea groups is 1. The highest BCUT2D eigenvalue weighted by molar-refractivity contribution is 7.03. The molecule has 3 amide bonds. The lowest BCUT2D eigenvalue weighted by Gasteiger charge is -2.08. The largest absolute Gasteiger partial charge is 0.329 e. The highest BCUT2D eigenvalue weighted by atomic mass is 32.1. The summed E-state index contributed by atoms with van der Waals surface area (Å²) < 4.78 is 3.64. The van der Waals surface area contributed by atoms with Crippen molar-refractivity contribution in [3.63, 3.8) is 0 Å². The van der Waals surface area contributed by atoms with Gasteiger partial charge in [-0.2, -0.15) is 0 Å². The lowest BCUT2D eigenvalue weighted by Crippen LogP contribution is -2.30. The van der Waals surface area contributed by atoms with Crippen molar-refractivity contribution in [2.45, 2.75) is 6.54 Å². The second-order valence-electron chi connectivity index (χ2n) is 2.53. The van der Waals surface area contributed by atoms with Crippen LogP contribution in [0.1, 0.15) is 5.69 Å². The molecule has 1 aromatic heterocycles. The maximum absolute atomic E-state index is 11.1. The van der Waals surface area contributed by atoms with E-state index in [-0.39, 0.29) is 25.0 Å². The van der Waals surface area contributed by atoms with Crippen molar-refractivity contribution in [3.05, 3.63) is 11.1 Å². The van der Waals surface area contributed by atoms with E-state index in [2.05, 4.69) is 14.9 Å². The molecule has 0 spiro atoms. The molecule has 6 nitrogen and oxygen atoms in total. The number of amides is 3. The van der Waals surface area contributed by atoms with E-state index in [1.54, 1.807) is 5.38 Å². The Hall–Kier alpha value is -1.50. The monoisotopic (exact) mass is 198 g/mol. The molecule has 1 N–H and O–H groups in total. The average Bonchev–Trinajstić information content (AvgIpc) is 2.70. The van der Waals surface area contributed by atoms with Gasteiger partial charge in [-0.1, -0.05) is 4.49 Å². The molecule has 1 saturated heterocycles. The van der Waals surface area contributed by atoms with Crippen LogP contribution < -0.4 is 5.32 Å². The maximum atomic E-state index is 11.1. The summed E-state index contributed by atoms with van der Waals surface area (Å²) in [5, 5.41) is 7.87. The van der Waals surface area contributed by atoms with Crippen LogP contribution in [0.2, 0.25) is 0 Å². The number of nitrogens with zero attached hydrogens (tertiary/aromatic N) is 3.